The molecule has 2 aliphatic heterocycles. The molecule has 0 aromatic heterocycles. The molecule has 8 heteroatoms. The van der Waals surface area contributed by atoms with E-state index >= 15 is 0 Å². The second-order valence-electron chi connectivity index (χ2n) is 9.28. The van der Waals surface area contributed by atoms with Crippen LogP contribution in [0.5, 0.6) is 0 Å². The first-order valence-electron chi connectivity index (χ1n) is 12.3. The van der Waals surface area contributed by atoms with Crippen molar-refractivity contribution in [2.24, 2.45) is 10.9 Å². The fraction of sp³-hybridized carbons (Fsp3) is 0.600. The lowest BCUT2D eigenvalue weighted by atomic mass is 9.96. The molecular weight excluding hydrogens is 436 g/mol. The maximum Gasteiger partial charge on any atom is 0.262 e. The van der Waals surface area contributed by atoms with E-state index in [2.05, 4.69) is 27.4 Å². The summed E-state index contributed by atoms with van der Waals surface area (Å²) in [6.45, 7) is 4.06. The Bertz CT molecular complexity index is 895. The number of hydrogen-bond donors (Lipinski definition) is 2. The number of amidine groups is 1. The molecule has 1 aliphatic carbocycles. The summed E-state index contributed by atoms with van der Waals surface area (Å²) in [7, 11) is 0. The Labute approximate surface area is 200 Å². The van der Waals surface area contributed by atoms with Gasteiger partial charge >= 0.3 is 0 Å². The van der Waals surface area contributed by atoms with Gasteiger partial charge in [-0.1, -0.05) is 37.9 Å². The molecule has 33 heavy (non-hydrogen) atoms. The van der Waals surface area contributed by atoms with Crippen molar-refractivity contribution in [1.82, 2.24) is 10.2 Å². The van der Waals surface area contributed by atoms with Crippen LogP contribution in [0.3, 0.4) is 0 Å². The van der Waals surface area contributed by atoms with Crippen LogP contribution in [0.2, 0.25) is 0 Å². The number of rotatable bonds is 8. The van der Waals surface area contributed by atoms with Gasteiger partial charge in [0.1, 0.15) is 5.25 Å². The zero-order valence-corrected chi connectivity index (χ0v) is 20.2. The molecule has 7 nitrogen and oxygen atoms in total. The molecule has 0 radical (unpaired) electrons. The first-order valence-corrected chi connectivity index (χ1v) is 13.2. The van der Waals surface area contributed by atoms with Crippen molar-refractivity contribution in [2.75, 3.05) is 18.4 Å². The van der Waals surface area contributed by atoms with Crippen LogP contribution < -0.4 is 10.6 Å². The lowest BCUT2D eigenvalue weighted by Crippen LogP contribution is -2.37. The second kappa shape index (κ2) is 11.2. The van der Waals surface area contributed by atoms with E-state index in [1.165, 1.54) is 43.9 Å². The Balaban J connectivity index is 1.25. The van der Waals surface area contributed by atoms with Crippen molar-refractivity contribution in [3.63, 3.8) is 0 Å². The smallest absolute Gasteiger partial charge is 0.262 e. The summed E-state index contributed by atoms with van der Waals surface area (Å²) >= 11 is 1.39. The van der Waals surface area contributed by atoms with Crippen LogP contribution in [0.4, 0.5) is 5.69 Å². The molecule has 2 fully saturated rings. The van der Waals surface area contributed by atoms with Gasteiger partial charge in [-0.2, -0.15) is 4.99 Å². The van der Waals surface area contributed by atoms with Crippen molar-refractivity contribution in [3.8, 4) is 0 Å². The molecule has 3 aliphatic rings. The molecule has 2 N–H and O–H groups in total. The number of thioether (sulfide) groups is 1. The summed E-state index contributed by atoms with van der Waals surface area (Å²) in [5.41, 5.74) is 1.22. The molecule has 178 valence electrons. The van der Waals surface area contributed by atoms with E-state index in [0.29, 0.717) is 17.2 Å². The number of amides is 3. The van der Waals surface area contributed by atoms with Gasteiger partial charge in [-0.15, -0.1) is 0 Å². The maximum atomic E-state index is 12.7. The highest BCUT2D eigenvalue weighted by atomic mass is 32.2. The van der Waals surface area contributed by atoms with Gasteiger partial charge in [0, 0.05) is 36.8 Å². The largest absolute Gasteiger partial charge is 0.351 e. The van der Waals surface area contributed by atoms with Gasteiger partial charge in [-0.25, -0.2) is 0 Å². The molecule has 3 atom stereocenters. The summed E-state index contributed by atoms with van der Waals surface area (Å²) in [5.74, 6) is 0.0771. The Morgan fingerprint density at radius 2 is 1.88 bits per heavy atom. The Hall–Kier alpha value is -2.35. The molecule has 3 amide bonds. The molecule has 0 spiro atoms. The lowest BCUT2D eigenvalue weighted by molar-refractivity contribution is -0.121. The van der Waals surface area contributed by atoms with Gasteiger partial charge in [-0.3, -0.25) is 14.4 Å². The average Bonchev–Trinajstić information content (AvgIpc) is 3.55. The molecule has 3 unspecified atom stereocenters. The summed E-state index contributed by atoms with van der Waals surface area (Å²) in [6, 6.07) is 7.23. The van der Waals surface area contributed by atoms with E-state index in [0.717, 1.165) is 37.5 Å². The standard InChI is InChI=1S/C25H34N4O3S/c1-2-3-7-17-8-6-9-20(17)27-23(31)18-10-12-19(13-11-18)26-22(30)16-21-24(32)28-25(33-21)29-14-4-5-15-29/h10-13,17,20-21H,2-9,14-16H2,1H3,(H,26,30)(H,27,31). The third kappa shape index (κ3) is 6.16. The minimum absolute atomic E-state index is 0.0548. The van der Waals surface area contributed by atoms with E-state index in [1.54, 1.807) is 24.3 Å². The van der Waals surface area contributed by atoms with E-state index in [-0.39, 0.29) is 30.2 Å². The number of hydrogen-bond acceptors (Lipinski definition) is 5. The predicted molar refractivity (Wildman–Crippen MR) is 132 cm³/mol. The topological polar surface area (TPSA) is 90.9 Å². The maximum absolute atomic E-state index is 12.7. The minimum Gasteiger partial charge on any atom is -0.351 e. The SMILES string of the molecule is CCCCC1CCCC1NC(=O)c1ccc(NC(=O)CC2SC(N3CCCC3)=NC2=O)cc1. The number of aliphatic imine (C=N–C) groups is 1. The Morgan fingerprint density at radius 3 is 2.61 bits per heavy atom. The summed E-state index contributed by atoms with van der Waals surface area (Å²) < 4.78 is 0. The fourth-order valence-electron chi connectivity index (χ4n) is 4.93. The zero-order chi connectivity index (χ0) is 23.2. The number of anilines is 1. The van der Waals surface area contributed by atoms with E-state index in [1.807, 2.05) is 0 Å². The highest BCUT2D eigenvalue weighted by Gasteiger charge is 2.34. The van der Waals surface area contributed by atoms with Gasteiger partial charge in [0.2, 0.25) is 5.91 Å². The van der Waals surface area contributed by atoms with Crippen LogP contribution in [0.1, 0.15) is 75.1 Å². The van der Waals surface area contributed by atoms with Crippen LogP contribution >= 0.6 is 11.8 Å². The van der Waals surface area contributed by atoms with E-state index < -0.39 is 5.25 Å². The number of unbranched alkanes of at least 4 members (excludes halogenated alkanes) is 1. The Kier molecular flexibility index (Phi) is 8.06. The molecule has 1 saturated heterocycles. The van der Waals surface area contributed by atoms with Crippen molar-refractivity contribution in [2.45, 2.75) is 76.0 Å². The average molecular weight is 471 g/mol. The van der Waals surface area contributed by atoms with Crippen molar-refractivity contribution < 1.29 is 14.4 Å². The molecule has 1 saturated carbocycles. The number of carbonyl (C=O) groups is 3. The summed E-state index contributed by atoms with van der Waals surface area (Å²) in [4.78, 5) is 43.7. The molecule has 4 rings (SSSR count). The lowest BCUT2D eigenvalue weighted by Gasteiger charge is -2.21. The van der Waals surface area contributed by atoms with Crippen molar-refractivity contribution in [1.29, 1.82) is 0 Å². The van der Waals surface area contributed by atoms with Crippen LogP contribution in [0, 0.1) is 5.92 Å². The third-order valence-electron chi connectivity index (χ3n) is 6.81. The van der Waals surface area contributed by atoms with E-state index in [4.69, 9.17) is 0 Å². The minimum atomic E-state index is -0.460. The summed E-state index contributed by atoms with van der Waals surface area (Å²) in [6.07, 6.45) is 9.33. The zero-order valence-electron chi connectivity index (χ0n) is 19.3. The van der Waals surface area contributed by atoms with Crippen LogP contribution in [-0.2, 0) is 9.59 Å². The van der Waals surface area contributed by atoms with Gasteiger partial charge in [-0.05, 0) is 62.3 Å². The van der Waals surface area contributed by atoms with Gasteiger partial charge in [0.15, 0.2) is 5.17 Å². The normalized spacial score (nSPS) is 24.8. The number of likely N-dealkylation sites (tertiary alicyclic amines) is 1. The molecule has 1 aromatic carbocycles. The van der Waals surface area contributed by atoms with Crippen LogP contribution in [-0.4, -0.2) is 52.2 Å². The first-order chi connectivity index (χ1) is 16.0. The number of benzene rings is 1. The van der Waals surface area contributed by atoms with Crippen molar-refractivity contribution >= 4 is 40.3 Å². The van der Waals surface area contributed by atoms with Crippen molar-refractivity contribution in [3.05, 3.63) is 29.8 Å². The Morgan fingerprint density at radius 1 is 1.12 bits per heavy atom. The molecule has 2 heterocycles. The van der Waals surface area contributed by atoms with Gasteiger partial charge < -0.3 is 15.5 Å². The van der Waals surface area contributed by atoms with Gasteiger partial charge in [0.05, 0.1) is 0 Å². The second-order valence-corrected chi connectivity index (χ2v) is 10.4. The highest BCUT2D eigenvalue weighted by molar-refractivity contribution is 8.15. The van der Waals surface area contributed by atoms with E-state index in [9.17, 15) is 14.4 Å². The van der Waals surface area contributed by atoms with Gasteiger partial charge in [0.25, 0.3) is 11.8 Å². The molecule has 1 aromatic rings. The highest BCUT2D eigenvalue weighted by Crippen LogP contribution is 2.31. The number of carbonyl (C=O) groups excluding carboxylic acids is 3. The van der Waals surface area contributed by atoms with Crippen LogP contribution in [0.15, 0.2) is 29.3 Å². The first kappa shape index (κ1) is 23.8. The number of nitrogens with zero attached hydrogens (tertiary/aromatic N) is 2. The van der Waals surface area contributed by atoms with Crippen LogP contribution in [0.25, 0.3) is 0 Å². The quantitative estimate of drug-likeness (QED) is 0.594. The fourth-order valence-corrected chi connectivity index (χ4v) is 6.05. The molecular formula is C25H34N4O3S. The monoisotopic (exact) mass is 470 g/mol. The summed E-state index contributed by atoms with van der Waals surface area (Å²) in [5, 5.41) is 6.35. The third-order valence-corrected chi connectivity index (χ3v) is 8.02. The predicted octanol–water partition coefficient (Wildman–Crippen LogP) is 4.20. The number of nitrogens with one attached hydrogen (secondary N) is 2. The molecule has 0 bridgehead atoms.